The van der Waals surface area contributed by atoms with Crippen molar-refractivity contribution in [3.63, 3.8) is 0 Å². The van der Waals surface area contributed by atoms with E-state index in [2.05, 4.69) is 10.3 Å². The monoisotopic (exact) mass is 577 g/mol. The van der Waals surface area contributed by atoms with Gasteiger partial charge in [0.15, 0.2) is 6.29 Å². The van der Waals surface area contributed by atoms with Crippen LogP contribution in [0.3, 0.4) is 0 Å². The van der Waals surface area contributed by atoms with Gasteiger partial charge in [-0.25, -0.2) is 9.97 Å². The molecule has 1 fully saturated rings. The molecule has 41 heavy (non-hydrogen) atoms. The molecule has 1 unspecified atom stereocenters. The number of aryl methyl sites for hydroxylation is 1. The van der Waals surface area contributed by atoms with Crippen LogP contribution in [0.15, 0.2) is 71.8 Å². The first-order valence-electron chi connectivity index (χ1n) is 13.9. The molecule has 10 heteroatoms. The molecule has 1 aliphatic heterocycles. The summed E-state index contributed by atoms with van der Waals surface area (Å²) in [5.41, 5.74) is 3.34. The zero-order valence-corrected chi connectivity index (χ0v) is 24.2. The first kappa shape index (κ1) is 28.8. The molecular weight excluding hydrogens is 542 g/mol. The largest absolute Gasteiger partial charge is 0.493 e. The van der Waals surface area contributed by atoms with Crippen LogP contribution >= 0.6 is 0 Å². The Morgan fingerprint density at radius 3 is 2.73 bits per heavy atom. The van der Waals surface area contributed by atoms with Gasteiger partial charge in [0.05, 0.1) is 31.0 Å². The van der Waals surface area contributed by atoms with Crippen molar-refractivity contribution < 1.29 is 26.8 Å². The molecule has 216 valence electrons. The fourth-order valence-electron chi connectivity index (χ4n) is 4.58. The Bertz CT molecular complexity index is 1570. The number of fused-ring (bicyclic) bond motifs is 1. The number of aromatic nitrogens is 2. The third-order valence-corrected chi connectivity index (χ3v) is 8.04. The van der Waals surface area contributed by atoms with E-state index in [1.165, 1.54) is 6.07 Å². The Balaban J connectivity index is 1.15. The molecule has 0 spiro atoms. The van der Waals surface area contributed by atoms with E-state index >= 15 is 0 Å². The number of nitrogens with zero attached hydrogens (tertiary/aromatic N) is 2. The maximum atomic E-state index is 13.0. The topological polar surface area (TPSA) is 109 Å². The molecule has 0 amide bonds. The predicted molar refractivity (Wildman–Crippen MR) is 158 cm³/mol. The lowest BCUT2D eigenvalue weighted by Gasteiger charge is -2.25. The summed E-state index contributed by atoms with van der Waals surface area (Å²) in [6, 6.07) is 18.6. The molecule has 0 saturated carbocycles. The maximum absolute atomic E-state index is 13.0. The minimum atomic E-state index is -4.02. The highest BCUT2D eigenvalue weighted by Crippen LogP contribution is 2.32. The molecule has 1 N–H and O–H groups in total. The van der Waals surface area contributed by atoms with Gasteiger partial charge in [0.25, 0.3) is 0 Å². The number of pyridine rings is 2. The first-order valence-corrected chi connectivity index (χ1v) is 15.3. The van der Waals surface area contributed by atoms with E-state index in [0.717, 1.165) is 53.8 Å². The quantitative estimate of drug-likeness (QED) is 0.157. The van der Waals surface area contributed by atoms with Crippen molar-refractivity contribution in [2.45, 2.75) is 50.7 Å². The fraction of sp³-hybridized carbons (Fsp3) is 0.355. The first-order chi connectivity index (χ1) is 19.9. The number of para-hydroxylation sites is 1. The third-order valence-electron chi connectivity index (χ3n) is 6.71. The van der Waals surface area contributed by atoms with Crippen LogP contribution in [0.4, 0.5) is 5.82 Å². The van der Waals surface area contributed by atoms with Gasteiger partial charge in [-0.1, -0.05) is 18.2 Å². The third kappa shape index (κ3) is 7.32. The van der Waals surface area contributed by atoms with Gasteiger partial charge in [0.2, 0.25) is 0 Å². The van der Waals surface area contributed by atoms with E-state index in [1.807, 2.05) is 68.6 Å². The molecule has 5 rings (SSSR count). The van der Waals surface area contributed by atoms with E-state index in [4.69, 9.17) is 23.4 Å². The molecule has 1 aliphatic rings. The highest BCUT2D eigenvalue weighted by Gasteiger charge is 2.25. The molecule has 9 nitrogen and oxygen atoms in total. The minimum absolute atomic E-state index is 0.0124. The number of nitrogens with one attached hydrogen (secondary N) is 1. The Morgan fingerprint density at radius 2 is 1.95 bits per heavy atom. The average molecular weight is 578 g/mol. The zero-order chi connectivity index (χ0) is 28.7. The molecule has 4 aromatic rings. The lowest BCUT2D eigenvalue weighted by atomic mass is 10.1. The summed E-state index contributed by atoms with van der Waals surface area (Å²) in [5.74, 6) is 1.79. The second kappa shape index (κ2) is 13.3. The second-order valence-electron chi connectivity index (χ2n) is 9.81. The summed E-state index contributed by atoms with van der Waals surface area (Å²) < 4.78 is 48.8. The molecule has 1 saturated heterocycles. The van der Waals surface area contributed by atoms with Crippen molar-refractivity contribution >= 4 is 26.8 Å². The molecule has 2 aromatic heterocycles. The van der Waals surface area contributed by atoms with E-state index in [0.29, 0.717) is 30.9 Å². The van der Waals surface area contributed by atoms with Crippen LogP contribution < -0.4 is 14.8 Å². The van der Waals surface area contributed by atoms with Crippen LogP contribution in [0.1, 0.15) is 38.2 Å². The second-order valence-corrected chi connectivity index (χ2v) is 11.4. The van der Waals surface area contributed by atoms with Crippen molar-refractivity contribution in [3.05, 3.63) is 72.4 Å². The molecule has 0 bridgehead atoms. The molecule has 0 radical (unpaired) electrons. The van der Waals surface area contributed by atoms with Crippen molar-refractivity contribution in [3.8, 4) is 22.8 Å². The van der Waals surface area contributed by atoms with Crippen molar-refractivity contribution in [1.29, 1.82) is 0 Å². The minimum Gasteiger partial charge on any atom is -0.493 e. The summed E-state index contributed by atoms with van der Waals surface area (Å²) in [6.07, 6.45) is 4.42. The number of ether oxygens (including phenoxy) is 3. The number of hydrogen-bond acceptors (Lipinski definition) is 9. The SMILES string of the molecule is CCNc1ccc(-c2ccc3cc(OCCCOS(=O)(=O)c4cccc(C)c4OC4CCCCO4)ccc3n2)cn1. The van der Waals surface area contributed by atoms with Gasteiger partial charge in [-0.3, -0.25) is 4.18 Å². The van der Waals surface area contributed by atoms with E-state index < -0.39 is 16.4 Å². The van der Waals surface area contributed by atoms with Gasteiger partial charge < -0.3 is 19.5 Å². The van der Waals surface area contributed by atoms with Crippen molar-refractivity contribution in [2.24, 2.45) is 0 Å². The molecule has 2 aromatic carbocycles. The Morgan fingerprint density at radius 1 is 1.05 bits per heavy atom. The smallest absolute Gasteiger partial charge is 0.300 e. The summed E-state index contributed by atoms with van der Waals surface area (Å²) in [6.45, 7) is 5.54. The summed E-state index contributed by atoms with van der Waals surface area (Å²) >= 11 is 0. The van der Waals surface area contributed by atoms with Crippen LogP contribution in [0.5, 0.6) is 11.5 Å². The maximum Gasteiger partial charge on any atom is 0.300 e. The molecule has 3 heterocycles. The van der Waals surface area contributed by atoms with Crippen LogP contribution in [0, 0.1) is 6.92 Å². The summed E-state index contributed by atoms with van der Waals surface area (Å²) in [5, 5.41) is 4.13. The lowest BCUT2D eigenvalue weighted by molar-refractivity contribution is -0.107. The van der Waals surface area contributed by atoms with Gasteiger partial charge in [-0.05, 0) is 74.7 Å². The van der Waals surface area contributed by atoms with Crippen LogP contribution in [0.2, 0.25) is 0 Å². The van der Waals surface area contributed by atoms with Gasteiger partial charge in [0.1, 0.15) is 22.2 Å². The lowest BCUT2D eigenvalue weighted by Crippen LogP contribution is -2.26. The van der Waals surface area contributed by atoms with Gasteiger partial charge in [-0.2, -0.15) is 8.42 Å². The predicted octanol–water partition coefficient (Wildman–Crippen LogP) is 6.12. The number of anilines is 1. The van der Waals surface area contributed by atoms with Gasteiger partial charge >= 0.3 is 10.1 Å². The van der Waals surface area contributed by atoms with Crippen LogP contribution in [0.25, 0.3) is 22.2 Å². The average Bonchev–Trinajstić information content (AvgIpc) is 2.99. The van der Waals surface area contributed by atoms with E-state index in [1.54, 1.807) is 6.07 Å². The standard InChI is InChI=1S/C31H35N3O6S/c1-3-32-29-16-12-24(21-33-29)27-14-11-23-20-25(13-15-26(23)34-27)37-18-7-19-39-41(35,36)28-9-6-8-22(2)31(28)40-30-10-4-5-17-38-30/h6,8-9,11-16,20-21,30H,3-5,7,10,17-19H2,1-2H3,(H,32,33). The van der Waals surface area contributed by atoms with E-state index in [-0.39, 0.29) is 17.3 Å². The van der Waals surface area contributed by atoms with Crippen LogP contribution in [-0.4, -0.2) is 51.0 Å². The van der Waals surface area contributed by atoms with Crippen molar-refractivity contribution in [1.82, 2.24) is 9.97 Å². The fourth-order valence-corrected chi connectivity index (χ4v) is 5.72. The summed E-state index contributed by atoms with van der Waals surface area (Å²) in [4.78, 5) is 9.19. The Hall–Kier alpha value is -3.73. The Kier molecular flexibility index (Phi) is 9.33. The van der Waals surface area contributed by atoms with Gasteiger partial charge in [-0.15, -0.1) is 0 Å². The highest BCUT2D eigenvalue weighted by molar-refractivity contribution is 7.86. The number of benzene rings is 2. The Labute approximate surface area is 241 Å². The summed E-state index contributed by atoms with van der Waals surface area (Å²) in [7, 11) is -4.02. The number of rotatable bonds is 12. The van der Waals surface area contributed by atoms with Crippen LogP contribution in [-0.2, 0) is 19.0 Å². The number of hydrogen-bond donors (Lipinski definition) is 1. The van der Waals surface area contributed by atoms with E-state index in [9.17, 15) is 8.42 Å². The zero-order valence-electron chi connectivity index (χ0n) is 23.3. The van der Waals surface area contributed by atoms with Crippen molar-refractivity contribution in [2.75, 3.05) is 31.7 Å². The molecular formula is C31H35N3O6S. The van der Waals surface area contributed by atoms with Gasteiger partial charge in [0, 0.05) is 36.5 Å². The normalized spacial score (nSPS) is 15.5. The molecule has 1 atom stereocenters. The highest BCUT2D eigenvalue weighted by atomic mass is 32.2. The molecule has 0 aliphatic carbocycles.